The molecule has 0 N–H and O–H groups in total. The maximum Gasteiger partial charge on any atom is 0.309 e. The maximum atomic E-state index is 13.1. The fraction of sp³-hybridized carbons (Fsp3) is 0.250. The highest BCUT2D eigenvalue weighted by atomic mass is 32.2. The first kappa shape index (κ1) is 13.5. The topological polar surface area (TPSA) is 65.4 Å². The molecular weight excluding hydrogens is 273 g/mol. The fourth-order valence-corrected chi connectivity index (χ4v) is 2.19. The quantitative estimate of drug-likeness (QED) is 0.800. The SMILES string of the molecule is CCS(=O)(=O)Oc1cn(C)c2cc(F)ccc2c1=O. The Morgan fingerprint density at radius 3 is 2.68 bits per heavy atom. The van der Waals surface area contributed by atoms with Crippen molar-refractivity contribution >= 4 is 21.0 Å². The van der Waals surface area contributed by atoms with Crippen molar-refractivity contribution in [1.82, 2.24) is 4.57 Å². The van der Waals surface area contributed by atoms with Crippen molar-refractivity contribution in [2.24, 2.45) is 7.05 Å². The summed E-state index contributed by atoms with van der Waals surface area (Å²) in [4.78, 5) is 12.1. The van der Waals surface area contributed by atoms with E-state index >= 15 is 0 Å². The predicted octanol–water partition coefficient (Wildman–Crippen LogP) is 1.41. The van der Waals surface area contributed by atoms with Crippen LogP contribution >= 0.6 is 0 Å². The summed E-state index contributed by atoms with van der Waals surface area (Å²) < 4.78 is 42.1. The summed E-state index contributed by atoms with van der Waals surface area (Å²) in [6, 6.07) is 3.65. The van der Waals surface area contributed by atoms with Crippen LogP contribution in [0.15, 0.2) is 29.2 Å². The number of pyridine rings is 1. The average Bonchev–Trinajstić information content (AvgIpc) is 2.35. The van der Waals surface area contributed by atoms with Gasteiger partial charge in [0.1, 0.15) is 5.82 Å². The molecule has 0 unspecified atom stereocenters. The Morgan fingerprint density at radius 2 is 2.05 bits per heavy atom. The van der Waals surface area contributed by atoms with E-state index in [1.807, 2.05) is 0 Å². The van der Waals surface area contributed by atoms with Crippen molar-refractivity contribution in [3.05, 3.63) is 40.4 Å². The van der Waals surface area contributed by atoms with Crippen LogP contribution in [0, 0.1) is 5.82 Å². The van der Waals surface area contributed by atoms with Gasteiger partial charge in [0, 0.05) is 12.4 Å². The summed E-state index contributed by atoms with van der Waals surface area (Å²) in [6.07, 6.45) is 1.23. The number of halogens is 1. The third-order valence-electron chi connectivity index (χ3n) is 2.69. The maximum absolute atomic E-state index is 13.1. The molecule has 0 bridgehead atoms. The van der Waals surface area contributed by atoms with Crippen LogP contribution in [0.5, 0.6) is 5.75 Å². The highest BCUT2D eigenvalue weighted by molar-refractivity contribution is 7.87. The molecule has 102 valence electrons. The molecule has 0 aliphatic heterocycles. The largest absolute Gasteiger partial charge is 0.377 e. The molecule has 0 aliphatic rings. The third-order valence-corrected chi connectivity index (χ3v) is 3.83. The lowest BCUT2D eigenvalue weighted by atomic mass is 10.2. The molecule has 0 saturated carbocycles. The number of benzene rings is 1. The van der Waals surface area contributed by atoms with Gasteiger partial charge in [-0.1, -0.05) is 0 Å². The lowest BCUT2D eigenvalue weighted by molar-refractivity contribution is 0.483. The lowest BCUT2D eigenvalue weighted by Crippen LogP contribution is -2.18. The summed E-state index contributed by atoms with van der Waals surface area (Å²) >= 11 is 0. The van der Waals surface area contributed by atoms with E-state index < -0.39 is 21.4 Å². The van der Waals surface area contributed by atoms with Gasteiger partial charge in [0.2, 0.25) is 11.2 Å². The normalized spacial score (nSPS) is 11.7. The first-order chi connectivity index (χ1) is 8.84. The van der Waals surface area contributed by atoms with Gasteiger partial charge in [-0.3, -0.25) is 4.79 Å². The van der Waals surface area contributed by atoms with Crippen molar-refractivity contribution in [2.75, 3.05) is 5.75 Å². The van der Waals surface area contributed by atoms with Crippen LogP contribution in [0.4, 0.5) is 4.39 Å². The predicted molar refractivity (Wildman–Crippen MR) is 69.2 cm³/mol. The number of hydrogen-bond acceptors (Lipinski definition) is 4. The van der Waals surface area contributed by atoms with Gasteiger partial charge in [0.15, 0.2) is 0 Å². The second-order valence-electron chi connectivity index (χ2n) is 4.02. The molecule has 0 aliphatic carbocycles. The molecule has 0 saturated heterocycles. The molecule has 2 rings (SSSR count). The van der Waals surface area contributed by atoms with Crippen LogP contribution in [0.3, 0.4) is 0 Å². The molecule has 19 heavy (non-hydrogen) atoms. The Labute approximate surface area is 109 Å². The first-order valence-electron chi connectivity index (χ1n) is 5.55. The van der Waals surface area contributed by atoms with Crippen LogP contribution in [-0.4, -0.2) is 18.7 Å². The zero-order chi connectivity index (χ0) is 14.2. The summed E-state index contributed by atoms with van der Waals surface area (Å²) in [5.74, 6) is -1.00. The molecule has 2 aromatic rings. The minimum atomic E-state index is -3.78. The number of aromatic nitrogens is 1. The molecule has 0 atom stereocenters. The Morgan fingerprint density at radius 1 is 1.37 bits per heavy atom. The van der Waals surface area contributed by atoms with Crippen molar-refractivity contribution in [1.29, 1.82) is 0 Å². The summed E-state index contributed by atoms with van der Waals surface area (Å²) in [5, 5.41) is 0.202. The Hall–Kier alpha value is -1.89. The molecule has 0 amide bonds. The van der Waals surface area contributed by atoms with Gasteiger partial charge < -0.3 is 8.75 Å². The van der Waals surface area contributed by atoms with Gasteiger partial charge in [-0.2, -0.15) is 8.42 Å². The van der Waals surface area contributed by atoms with Crippen LogP contribution in [0.1, 0.15) is 6.92 Å². The zero-order valence-electron chi connectivity index (χ0n) is 10.4. The van der Waals surface area contributed by atoms with E-state index in [1.54, 1.807) is 7.05 Å². The highest BCUT2D eigenvalue weighted by Crippen LogP contribution is 2.17. The molecular formula is C12H12FNO4S. The minimum absolute atomic E-state index is 0.202. The van der Waals surface area contributed by atoms with E-state index in [4.69, 9.17) is 4.18 Å². The molecule has 1 aromatic carbocycles. The van der Waals surface area contributed by atoms with Crippen LogP contribution < -0.4 is 9.61 Å². The van der Waals surface area contributed by atoms with Crippen LogP contribution in [0.2, 0.25) is 0 Å². The van der Waals surface area contributed by atoms with Crippen molar-refractivity contribution < 1.29 is 17.0 Å². The Bertz CT molecular complexity index is 795. The summed E-state index contributed by atoms with van der Waals surface area (Å²) in [7, 11) is -2.20. The Kier molecular flexibility index (Phi) is 3.32. The van der Waals surface area contributed by atoms with Gasteiger partial charge in [-0.05, 0) is 25.1 Å². The number of fused-ring (bicyclic) bond motifs is 1. The van der Waals surface area contributed by atoms with E-state index in [0.29, 0.717) is 5.52 Å². The van der Waals surface area contributed by atoms with E-state index in [2.05, 4.69) is 0 Å². The van der Waals surface area contributed by atoms with E-state index in [0.717, 1.165) is 6.07 Å². The van der Waals surface area contributed by atoms with E-state index in [1.165, 1.54) is 29.8 Å². The van der Waals surface area contributed by atoms with Gasteiger partial charge >= 0.3 is 10.1 Å². The smallest absolute Gasteiger partial charge is 0.309 e. The number of aryl methyl sites for hydroxylation is 1. The molecule has 7 heteroatoms. The summed E-state index contributed by atoms with van der Waals surface area (Å²) in [5.41, 5.74) is -0.212. The van der Waals surface area contributed by atoms with E-state index in [9.17, 15) is 17.6 Å². The highest BCUT2D eigenvalue weighted by Gasteiger charge is 2.15. The third kappa shape index (κ3) is 2.60. The van der Waals surface area contributed by atoms with Crippen molar-refractivity contribution in [3.8, 4) is 5.75 Å². The summed E-state index contributed by atoms with van der Waals surface area (Å²) in [6.45, 7) is 1.41. The number of nitrogens with zero attached hydrogens (tertiary/aromatic N) is 1. The van der Waals surface area contributed by atoms with E-state index in [-0.39, 0.29) is 16.9 Å². The van der Waals surface area contributed by atoms with Gasteiger partial charge in [-0.25, -0.2) is 4.39 Å². The van der Waals surface area contributed by atoms with Gasteiger partial charge in [-0.15, -0.1) is 0 Å². The second-order valence-corrected chi connectivity index (χ2v) is 5.88. The van der Waals surface area contributed by atoms with Gasteiger partial charge in [0.25, 0.3) is 0 Å². The monoisotopic (exact) mass is 285 g/mol. The van der Waals surface area contributed by atoms with Crippen LogP contribution in [0.25, 0.3) is 10.9 Å². The average molecular weight is 285 g/mol. The standard InChI is InChI=1S/C12H12FNO4S/c1-3-19(16,17)18-11-7-14(2)10-6-8(13)4-5-9(10)12(11)15/h4-7H,3H2,1-2H3. The minimum Gasteiger partial charge on any atom is -0.377 e. The zero-order valence-corrected chi connectivity index (χ0v) is 11.2. The van der Waals surface area contributed by atoms with Crippen molar-refractivity contribution in [2.45, 2.75) is 6.92 Å². The Balaban J connectivity index is 2.70. The molecule has 0 fully saturated rings. The van der Waals surface area contributed by atoms with Crippen molar-refractivity contribution in [3.63, 3.8) is 0 Å². The van der Waals surface area contributed by atoms with Gasteiger partial charge in [0.05, 0.1) is 17.5 Å². The molecule has 5 nitrogen and oxygen atoms in total. The lowest BCUT2D eigenvalue weighted by Gasteiger charge is -2.09. The van der Waals surface area contributed by atoms with Crippen LogP contribution in [-0.2, 0) is 17.2 Å². The number of hydrogen-bond donors (Lipinski definition) is 0. The molecule has 0 radical (unpaired) electrons. The molecule has 1 heterocycles. The second kappa shape index (κ2) is 4.65. The first-order valence-corrected chi connectivity index (χ1v) is 7.13. The number of rotatable bonds is 3. The molecule has 0 spiro atoms. The molecule has 1 aromatic heterocycles. The fourth-order valence-electron chi connectivity index (χ4n) is 1.68.